The van der Waals surface area contributed by atoms with Crippen LogP contribution in [0.5, 0.6) is 0 Å². The van der Waals surface area contributed by atoms with Crippen molar-refractivity contribution in [1.82, 2.24) is 0 Å². The number of rotatable bonds is 5. The van der Waals surface area contributed by atoms with Gasteiger partial charge in [-0.2, -0.15) is 0 Å². The normalized spacial score (nSPS) is 14.1. The summed E-state index contributed by atoms with van der Waals surface area (Å²) in [5.41, 5.74) is 6.81. The van der Waals surface area contributed by atoms with Gasteiger partial charge in [0.2, 0.25) is 5.91 Å². The van der Waals surface area contributed by atoms with E-state index in [2.05, 4.69) is 5.32 Å². The van der Waals surface area contributed by atoms with E-state index in [1.54, 1.807) is 0 Å². The third-order valence-corrected chi connectivity index (χ3v) is 4.69. The summed E-state index contributed by atoms with van der Waals surface area (Å²) in [5.74, 6) is -1.97. The molecular formula is C14H18N2O4S. The number of nitrogens with one attached hydrogen (secondary N) is 1. The van der Waals surface area contributed by atoms with E-state index in [-0.39, 0.29) is 12.8 Å². The fourth-order valence-electron chi connectivity index (χ4n) is 2.50. The van der Waals surface area contributed by atoms with Crippen LogP contribution < -0.4 is 11.1 Å². The van der Waals surface area contributed by atoms with Crippen LogP contribution in [0.3, 0.4) is 0 Å². The summed E-state index contributed by atoms with van der Waals surface area (Å²) in [6.45, 7) is 0. The fraction of sp³-hybridized carbons (Fsp3) is 0.500. The van der Waals surface area contributed by atoms with Crippen molar-refractivity contribution >= 4 is 34.1 Å². The number of carboxylic acid groups (broad SMARTS) is 1. The van der Waals surface area contributed by atoms with Crippen LogP contribution in [0.4, 0.5) is 5.00 Å². The lowest BCUT2D eigenvalue weighted by molar-refractivity contribution is -0.138. The minimum atomic E-state index is -1.03. The molecule has 0 fully saturated rings. The molecule has 0 saturated heterocycles. The molecule has 0 spiro atoms. The summed E-state index contributed by atoms with van der Waals surface area (Å²) in [4.78, 5) is 35.0. The zero-order chi connectivity index (χ0) is 15.4. The molecule has 21 heavy (non-hydrogen) atoms. The third kappa shape index (κ3) is 3.81. The summed E-state index contributed by atoms with van der Waals surface area (Å²) in [5, 5.41) is 11.7. The summed E-state index contributed by atoms with van der Waals surface area (Å²) in [6.07, 6.45) is 4.55. The van der Waals surface area contributed by atoms with Gasteiger partial charge in [0.15, 0.2) is 0 Å². The number of nitrogens with two attached hydrogens (primary N) is 1. The molecule has 0 unspecified atom stereocenters. The Kier molecular flexibility index (Phi) is 4.95. The van der Waals surface area contributed by atoms with Gasteiger partial charge in [-0.05, 0) is 31.2 Å². The molecule has 1 aromatic heterocycles. The van der Waals surface area contributed by atoms with E-state index in [4.69, 9.17) is 10.8 Å². The fourth-order valence-corrected chi connectivity index (χ4v) is 3.81. The number of carbonyl (C=O) groups is 3. The van der Waals surface area contributed by atoms with E-state index < -0.39 is 17.8 Å². The highest BCUT2D eigenvalue weighted by Crippen LogP contribution is 2.37. The molecule has 1 aliphatic rings. The molecule has 0 radical (unpaired) electrons. The van der Waals surface area contributed by atoms with Gasteiger partial charge in [-0.15, -0.1) is 11.3 Å². The summed E-state index contributed by atoms with van der Waals surface area (Å²) in [6, 6.07) is 0. The molecule has 1 heterocycles. The smallest absolute Gasteiger partial charge is 0.303 e. The Balaban J connectivity index is 2.21. The van der Waals surface area contributed by atoms with Gasteiger partial charge < -0.3 is 16.2 Å². The number of hydrogen-bond acceptors (Lipinski definition) is 4. The number of carboxylic acids is 1. The van der Waals surface area contributed by atoms with Gasteiger partial charge in [-0.3, -0.25) is 14.4 Å². The van der Waals surface area contributed by atoms with Gasteiger partial charge in [0.25, 0.3) is 5.91 Å². The second kappa shape index (κ2) is 6.71. The number of anilines is 1. The Morgan fingerprint density at radius 1 is 1.14 bits per heavy atom. The number of hydrogen-bond donors (Lipinski definition) is 3. The van der Waals surface area contributed by atoms with Crippen LogP contribution in [-0.2, 0) is 22.4 Å². The molecular weight excluding hydrogens is 292 g/mol. The standard InChI is InChI=1S/C14H18N2O4S/c15-13(20)12-8-4-2-1-3-5-9(8)21-14(12)16-10(17)6-7-11(18)19/h1-7H2,(H2,15,20)(H,16,17)(H,18,19). The molecule has 2 rings (SSSR count). The number of primary amides is 1. The van der Waals surface area contributed by atoms with Gasteiger partial charge >= 0.3 is 5.97 Å². The Labute approximate surface area is 126 Å². The molecule has 1 aromatic rings. The van der Waals surface area contributed by atoms with Crippen LogP contribution in [0.15, 0.2) is 0 Å². The lowest BCUT2D eigenvalue weighted by Gasteiger charge is -2.05. The summed E-state index contributed by atoms with van der Waals surface area (Å²) in [7, 11) is 0. The molecule has 0 aliphatic heterocycles. The van der Waals surface area contributed by atoms with E-state index in [9.17, 15) is 14.4 Å². The van der Waals surface area contributed by atoms with Gasteiger partial charge in [-0.25, -0.2) is 0 Å². The van der Waals surface area contributed by atoms with Gasteiger partial charge in [0, 0.05) is 11.3 Å². The minimum absolute atomic E-state index is 0.115. The van der Waals surface area contributed by atoms with Crippen LogP contribution in [0, 0.1) is 0 Å². The first-order valence-electron chi connectivity index (χ1n) is 6.95. The number of fused-ring (bicyclic) bond motifs is 1. The molecule has 4 N–H and O–H groups in total. The zero-order valence-electron chi connectivity index (χ0n) is 11.6. The van der Waals surface area contributed by atoms with E-state index in [0.29, 0.717) is 10.6 Å². The predicted octanol–water partition coefficient (Wildman–Crippen LogP) is 1.92. The van der Waals surface area contributed by atoms with Crippen LogP contribution in [0.1, 0.15) is 52.9 Å². The molecule has 7 heteroatoms. The van der Waals surface area contributed by atoms with Gasteiger partial charge in [0.1, 0.15) is 5.00 Å². The first kappa shape index (κ1) is 15.5. The monoisotopic (exact) mass is 310 g/mol. The highest BCUT2D eigenvalue weighted by molar-refractivity contribution is 7.17. The van der Waals surface area contributed by atoms with Crippen molar-refractivity contribution in [3.05, 3.63) is 16.0 Å². The maximum absolute atomic E-state index is 11.8. The largest absolute Gasteiger partial charge is 0.481 e. The van der Waals surface area contributed by atoms with E-state index in [0.717, 1.165) is 42.5 Å². The number of carbonyl (C=O) groups excluding carboxylic acids is 2. The second-order valence-electron chi connectivity index (χ2n) is 5.07. The first-order valence-corrected chi connectivity index (χ1v) is 7.76. The Bertz CT molecular complexity index is 580. The Morgan fingerprint density at radius 2 is 1.86 bits per heavy atom. The number of aryl methyl sites for hydroxylation is 1. The van der Waals surface area contributed by atoms with Crippen LogP contribution >= 0.6 is 11.3 Å². The van der Waals surface area contributed by atoms with Gasteiger partial charge in [-0.1, -0.05) is 6.42 Å². The summed E-state index contributed by atoms with van der Waals surface area (Å²) < 4.78 is 0. The first-order chi connectivity index (χ1) is 9.99. The topological polar surface area (TPSA) is 109 Å². The van der Waals surface area contributed by atoms with Crippen molar-refractivity contribution < 1.29 is 19.5 Å². The number of amides is 2. The molecule has 6 nitrogen and oxygen atoms in total. The zero-order valence-corrected chi connectivity index (χ0v) is 12.4. The SMILES string of the molecule is NC(=O)c1c(NC(=O)CCC(=O)O)sc2c1CCCCC2. The molecule has 0 bridgehead atoms. The lowest BCUT2D eigenvalue weighted by atomic mass is 10.1. The van der Waals surface area contributed by atoms with Crippen LogP contribution in [0.2, 0.25) is 0 Å². The Morgan fingerprint density at radius 3 is 2.52 bits per heavy atom. The molecule has 2 amide bonds. The van der Waals surface area contributed by atoms with E-state index in [1.165, 1.54) is 11.3 Å². The predicted molar refractivity (Wildman–Crippen MR) is 79.6 cm³/mol. The quantitative estimate of drug-likeness (QED) is 0.722. The van der Waals surface area contributed by atoms with Crippen molar-refractivity contribution in [3.8, 4) is 0 Å². The van der Waals surface area contributed by atoms with Crippen molar-refractivity contribution in [3.63, 3.8) is 0 Å². The maximum atomic E-state index is 11.8. The van der Waals surface area contributed by atoms with Gasteiger partial charge in [0.05, 0.1) is 12.0 Å². The lowest BCUT2D eigenvalue weighted by Crippen LogP contribution is -2.18. The molecule has 0 saturated carbocycles. The Hall–Kier alpha value is -1.89. The average Bonchev–Trinajstić information content (AvgIpc) is 2.58. The van der Waals surface area contributed by atoms with Crippen LogP contribution in [-0.4, -0.2) is 22.9 Å². The molecule has 0 atom stereocenters. The maximum Gasteiger partial charge on any atom is 0.303 e. The number of aliphatic carboxylic acids is 1. The highest BCUT2D eigenvalue weighted by atomic mass is 32.1. The second-order valence-corrected chi connectivity index (χ2v) is 6.18. The summed E-state index contributed by atoms with van der Waals surface area (Å²) >= 11 is 1.39. The molecule has 114 valence electrons. The molecule has 1 aliphatic carbocycles. The number of thiophene rings is 1. The minimum Gasteiger partial charge on any atom is -0.481 e. The highest BCUT2D eigenvalue weighted by Gasteiger charge is 2.24. The van der Waals surface area contributed by atoms with Crippen LogP contribution in [0.25, 0.3) is 0 Å². The van der Waals surface area contributed by atoms with E-state index in [1.807, 2.05) is 0 Å². The van der Waals surface area contributed by atoms with Crippen molar-refractivity contribution in [2.24, 2.45) is 5.73 Å². The third-order valence-electron chi connectivity index (χ3n) is 3.49. The van der Waals surface area contributed by atoms with Crippen molar-refractivity contribution in [2.75, 3.05) is 5.32 Å². The average molecular weight is 310 g/mol. The van der Waals surface area contributed by atoms with Crippen molar-refractivity contribution in [2.45, 2.75) is 44.9 Å². The molecule has 0 aromatic carbocycles. The van der Waals surface area contributed by atoms with E-state index >= 15 is 0 Å². The van der Waals surface area contributed by atoms with Crippen molar-refractivity contribution in [1.29, 1.82) is 0 Å².